The molecule has 1 heterocycles. The average Bonchev–Trinajstić information content (AvgIpc) is 3.06. The highest BCUT2D eigenvalue weighted by molar-refractivity contribution is 5.78. The zero-order valence-corrected chi connectivity index (χ0v) is 16.6. The van der Waals surface area contributed by atoms with Crippen LogP contribution in [0.25, 0.3) is 0 Å². The number of carbonyl (C=O) groups excluding carboxylic acids is 1. The Morgan fingerprint density at radius 3 is 2.57 bits per heavy atom. The van der Waals surface area contributed by atoms with Gasteiger partial charge in [0.15, 0.2) is 0 Å². The second-order valence-electron chi connectivity index (χ2n) is 7.33. The van der Waals surface area contributed by atoms with Crippen LogP contribution < -0.4 is 10.1 Å². The molecule has 0 spiro atoms. The van der Waals surface area contributed by atoms with E-state index in [0.29, 0.717) is 38.4 Å². The van der Waals surface area contributed by atoms with Gasteiger partial charge in [-0.3, -0.25) is 4.79 Å². The number of benzene rings is 2. The summed E-state index contributed by atoms with van der Waals surface area (Å²) in [6, 6.07) is 9.84. The summed E-state index contributed by atoms with van der Waals surface area (Å²) in [5.41, 5.74) is 0.0562. The number of hydrogen-bond donors (Lipinski definition) is 1. The fraction of sp³-hybridized carbons (Fsp3) is 0.409. The molecule has 162 valence electrons. The monoisotopic (exact) mass is 424 g/mol. The molecule has 1 aliphatic heterocycles. The number of ether oxygens (including phenoxy) is 1. The summed E-state index contributed by atoms with van der Waals surface area (Å²) in [6.45, 7) is 1.12. The number of hydrogen-bond acceptors (Lipinski definition) is 3. The molecule has 1 amide bonds. The van der Waals surface area contributed by atoms with E-state index in [2.05, 4.69) is 5.32 Å². The molecule has 0 radical (unpaired) electrons. The van der Waals surface area contributed by atoms with Crippen molar-refractivity contribution in [3.05, 3.63) is 65.0 Å². The summed E-state index contributed by atoms with van der Waals surface area (Å²) in [7, 11) is 1.60. The van der Waals surface area contributed by atoms with Crippen LogP contribution >= 0.6 is 0 Å². The molecule has 2 aromatic carbocycles. The van der Waals surface area contributed by atoms with Gasteiger partial charge in [-0.05, 0) is 55.3 Å². The second kappa shape index (κ2) is 9.47. The maximum Gasteiger partial charge on any atom is 0.416 e. The van der Waals surface area contributed by atoms with Gasteiger partial charge in [0.2, 0.25) is 5.91 Å². The van der Waals surface area contributed by atoms with E-state index < -0.39 is 17.6 Å². The standard InChI is InChI=1S/C22H24F4N2O2/c1-30-19-6-2-15(3-7-19)13-27-11-10-18-5-9-21(29)28(18)14-16-12-17(22(24,25)26)4-8-20(16)23/h2-4,6-8,12,18,27H,5,9-11,13-14H2,1H3/t18-/m1/s1. The molecule has 4 nitrogen and oxygen atoms in total. The lowest BCUT2D eigenvalue weighted by atomic mass is 10.1. The van der Waals surface area contributed by atoms with Gasteiger partial charge in [0.25, 0.3) is 0 Å². The quantitative estimate of drug-likeness (QED) is 0.500. The third kappa shape index (κ3) is 5.50. The van der Waals surface area contributed by atoms with Crippen molar-refractivity contribution in [3.8, 4) is 5.75 Å². The Morgan fingerprint density at radius 2 is 1.90 bits per heavy atom. The van der Waals surface area contributed by atoms with Crippen molar-refractivity contribution >= 4 is 5.91 Å². The Morgan fingerprint density at radius 1 is 1.17 bits per heavy atom. The van der Waals surface area contributed by atoms with Gasteiger partial charge < -0.3 is 15.0 Å². The summed E-state index contributed by atoms with van der Waals surface area (Å²) >= 11 is 0. The molecule has 0 bridgehead atoms. The zero-order chi connectivity index (χ0) is 21.7. The number of amides is 1. The Bertz CT molecular complexity index is 868. The minimum atomic E-state index is -4.55. The van der Waals surface area contributed by atoms with Crippen LogP contribution in [0, 0.1) is 5.82 Å². The maximum atomic E-state index is 14.1. The first-order valence-electron chi connectivity index (χ1n) is 9.76. The summed E-state index contributed by atoms with van der Waals surface area (Å²) in [5.74, 6) is -0.119. The highest BCUT2D eigenvalue weighted by Crippen LogP contribution is 2.32. The minimum absolute atomic E-state index is 0.115. The normalized spacial score (nSPS) is 16.9. The van der Waals surface area contributed by atoms with E-state index in [9.17, 15) is 22.4 Å². The van der Waals surface area contributed by atoms with Crippen LogP contribution in [0.3, 0.4) is 0 Å². The lowest BCUT2D eigenvalue weighted by Crippen LogP contribution is -2.35. The van der Waals surface area contributed by atoms with Crippen LogP contribution in [0.15, 0.2) is 42.5 Å². The van der Waals surface area contributed by atoms with Crippen LogP contribution in [0.5, 0.6) is 5.75 Å². The molecule has 2 aromatic rings. The van der Waals surface area contributed by atoms with Crippen molar-refractivity contribution < 1.29 is 27.1 Å². The van der Waals surface area contributed by atoms with Crippen LogP contribution in [0.1, 0.15) is 36.0 Å². The van der Waals surface area contributed by atoms with Gasteiger partial charge in [-0.25, -0.2) is 4.39 Å². The second-order valence-corrected chi connectivity index (χ2v) is 7.33. The average molecular weight is 424 g/mol. The third-order valence-electron chi connectivity index (χ3n) is 5.31. The number of likely N-dealkylation sites (tertiary alicyclic amines) is 1. The highest BCUT2D eigenvalue weighted by atomic mass is 19.4. The van der Waals surface area contributed by atoms with E-state index in [1.165, 1.54) is 4.90 Å². The number of halogens is 4. The molecule has 3 rings (SSSR count). The van der Waals surface area contributed by atoms with Gasteiger partial charge in [-0.1, -0.05) is 12.1 Å². The molecule has 0 unspecified atom stereocenters. The van der Waals surface area contributed by atoms with Crippen molar-refractivity contribution in [1.29, 1.82) is 0 Å². The smallest absolute Gasteiger partial charge is 0.416 e. The number of carbonyl (C=O) groups is 1. The topological polar surface area (TPSA) is 41.6 Å². The lowest BCUT2D eigenvalue weighted by molar-refractivity contribution is -0.137. The van der Waals surface area contributed by atoms with E-state index >= 15 is 0 Å². The fourth-order valence-corrected chi connectivity index (χ4v) is 3.61. The van der Waals surface area contributed by atoms with Gasteiger partial charge in [0, 0.05) is 31.1 Å². The zero-order valence-electron chi connectivity index (χ0n) is 16.6. The predicted octanol–water partition coefficient (Wildman–Crippen LogP) is 4.52. The van der Waals surface area contributed by atoms with E-state index in [1.807, 2.05) is 24.3 Å². The van der Waals surface area contributed by atoms with Gasteiger partial charge in [-0.15, -0.1) is 0 Å². The molecule has 0 aliphatic carbocycles. The Kier molecular flexibility index (Phi) is 6.97. The van der Waals surface area contributed by atoms with Crippen LogP contribution in [0.2, 0.25) is 0 Å². The Balaban J connectivity index is 1.56. The summed E-state index contributed by atoms with van der Waals surface area (Å²) < 4.78 is 58.0. The minimum Gasteiger partial charge on any atom is -0.497 e. The van der Waals surface area contributed by atoms with Gasteiger partial charge >= 0.3 is 6.18 Å². The number of alkyl halides is 3. The van der Waals surface area contributed by atoms with E-state index in [4.69, 9.17) is 4.74 Å². The van der Waals surface area contributed by atoms with Crippen LogP contribution in [0.4, 0.5) is 17.6 Å². The van der Waals surface area contributed by atoms with Gasteiger partial charge in [-0.2, -0.15) is 13.2 Å². The first-order valence-corrected chi connectivity index (χ1v) is 9.76. The number of nitrogens with zero attached hydrogens (tertiary/aromatic N) is 1. The van der Waals surface area contributed by atoms with Crippen LogP contribution in [-0.4, -0.2) is 30.5 Å². The summed E-state index contributed by atoms with van der Waals surface area (Å²) in [4.78, 5) is 13.7. The van der Waals surface area contributed by atoms with Crippen molar-refractivity contribution in [2.75, 3.05) is 13.7 Å². The van der Waals surface area contributed by atoms with Crippen molar-refractivity contribution in [2.24, 2.45) is 0 Å². The molecule has 1 atom stereocenters. The molecule has 1 fully saturated rings. The summed E-state index contributed by atoms with van der Waals surface area (Å²) in [5, 5.41) is 3.30. The molecular weight excluding hydrogens is 400 g/mol. The molecule has 0 saturated carbocycles. The lowest BCUT2D eigenvalue weighted by Gasteiger charge is -2.25. The largest absolute Gasteiger partial charge is 0.497 e. The molecule has 30 heavy (non-hydrogen) atoms. The van der Waals surface area contributed by atoms with E-state index in [1.54, 1.807) is 7.11 Å². The molecule has 1 N–H and O–H groups in total. The van der Waals surface area contributed by atoms with Crippen molar-refractivity contribution in [1.82, 2.24) is 10.2 Å². The highest BCUT2D eigenvalue weighted by Gasteiger charge is 2.34. The Labute approximate surface area is 172 Å². The molecule has 8 heteroatoms. The summed E-state index contributed by atoms with van der Waals surface area (Å²) in [6.07, 6.45) is -2.97. The molecule has 0 aromatic heterocycles. The van der Waals surface area contributed by atoms with Gasteiger partial charge in [0.1, 0.15) is 11.6 Å². The predicted molar refractivity (Wildman–Crippen MR) is 104 cm³/mol. The van der Waals surface area contributed by atoms with Crippen LogP contribution in [-0.2, 0) is 24.1 Å². The molecule has 1 aliphatic rings. The fourth-order valence-electron chi connectivity index (χ4n) is 3.61. The number of nitrogens with one attached hydrogen (secondary N) is 1. The first-order chi connectivity index (χ1) is 14.3. The maximum absolute atomic E-state index is 14.1. The van der Waals surface area contributed by atoms with Gasteiger partial charge in [0.05, 0.1) is 12.7 Å². The van der Waals surface area contributed by atoms with E-state index in [0.717, 1.165) is 23.4 Å². The SMILES string of the molecule is COc1ccc(CNCC[C@H]2CCC(=O)N2Cc2cc(C(F)(F)F)ccc2F)cc1. The Hall–Kier alpha value is -2.61. The molecular formula is C22H24F4N2O2. The molecule has 1 saturated heterocycles. The number of methoxy groups -OCH3 is 1. The van der Waals surface area contributed by atoms with E-state index in [-0.39, 0.29) is 24.1 Å². The van der Waals surface area contributed by atoms with Crippen molar-refractivity contribution in [2.45, 2.75) is 44.6 Å². The van der Waals surface area contributed by atoms with Crippen molar-refractivity contribution in [3.63, 3.8) is 0 Å². The number of rotatable bonds is 8. The third-order valence-corrected chi connectivity index (χ3v) is 5.31. The first kappa shape index (κ1) is 22.1.